The number of aliphatic hydroxyl groups excluding tert-OH is 1. The smallest absolute Gasteiger partial charge is 0.271 e. The van der Waals surface area contributed by atoms with E-state index in [-0.39, 0.29) is 24.2 Å². The predicted molar refractivity (Wildman–Crippen MR) is 80.9 cm³/mol. The number of carbonyl (C=O) groups excluding carboxylic acids is 1. The molecule has 2 aromatic rings. The summed E-state index contributed by atoms with van der Waals surface area (Å²) in [5.41, 5.74) is 0.741. The van der Waals surface area contributed by atoms with Crippen molar-refractivity contribution in [2.24, 2.45) is 0 Å². The maximum absolute atomic E-state index is 12.3. The molecule has 2 heterocycles. The summed E-state index contributed by atoms with van der Waals surface area (Å²) in [6.07, 6.45) is 3.32. The monoisotopic (exact) mass is 301 g/mol. The van der Waals surface area contributed by atoms with Gasteiger partial charge in [-0.25, -0.2) is 9.97 Å². The standard InChI is InChI=1S/C15H15N3O2S/c1-10-9-17-15(21-10)11(2)18-14(20)13-12(6-4-8-19)5-3-7-16-13/h3,5,7,9,11,19H,8H2,1-2H3,(H,18,20). The summed E-state index contributed by atoms with van der Waals surface area (Å²) in [5.74, 6) is 4.94. The Bertz CT molecular complexity index is 700. The Kier molecular flexibility index (Phi) is 5.04. The van der Waals surface area contributed by atoms with Crippen LogP contribution in [0.3, 0.4) is 0 Å². The summed E-state index contributed by atoms with van der Waals surface area (Å²) in [6, 6.07) is 3.20. The van der Waals surface area contributed by atoms with Gasteiger partial charge in [0.15, 0.2) is 0 Å². The Labute approximate surface area is 127 Å². The van der Waals surface area contributed by atoms with Crippen LogP contribution in [0, 0.1) is 18.8 Å². The number of carbonyl (C=O) groups is 1. The molecule has 108 valence electrons. The SMILES string of the molecule is Cc1cnc(C(C)NC(=O)c2ncccc2C#CCO)s1. The molecule has 1 amide bonds. The number of nitrogens with zero attached hydrogens (tertiary/aromatic N) is 2. The Balaban J connectivity index is 2.17. The third kappa shape index (κ3) is 3.88. The van der Waals surface area contributed by atoms with Crippen LogP contribution >= 0.6 is 11.3 Å². The molecule has 1 atom stereocenters. The van der Waals surface area contributed by atoms with Crippen molar-refractivity contribution in [1.29, 1.82) is 0 Å². The van der Waals surface area contributed by atoms with E-state index in [1.54, 1.807) is 29.7 Å². The molecule has 2 aromatic heterocycles. The molecule has 21 heavy (non-hydrogen) atoms. The Hall–Kier alpha value is -2.23. The largest absolute Gasteiger partial charge is 0.384 e. The van der Waals surface area contributed by atoms with Crippen molar-refractivity contribution in [3.05, 3.63) is 45.7 Å². The first kappa shape index (κ1) is 15.2. The van der Waals surface area contributed by atoms with Gasteiger partial charge in [-0.3, -0.25) is 4.79 Å². The van der Waals surface area contributed by atoms with Crippen LogP contribution in [0.25, 0.3) is 0 Å². The minimum atomic E-state index is -0.307. The molecule has 0 aliphatic carbocycles. The van der Waals surface area contributed by atoms with E-state index in [2.05, 4.69) is 27.1 Å². The molecule has 0 saturated carbocycles. The second-order valence-corrected chi connectivity index (χ2v) is 5.63. The minimum absolute atomic E-state index is 0.197. The van der Waals surface area contributed by atoms with Crippen LogP contribution in [-0.4, -0.2) is 27.6 Å². The van der Waals surface area contributed by atoms with Gasteiger partial charge in [0.1, 0.15) is 17.3 Å². The number of thiazole rings is 1. The number of aromatic nitrogens is 2. The van der Waals surface area contributed by atoms with E-state index >= 15 is 0 Å². The van der Waals surface area contributed by atoms with Crippen molar-refractivity contribution in [3.8, 4) is 11.8 Å². The van der Waals surface area contributed by atoms with Gasteiger partial charge in [0.25, 0.3) is 5.91 Å². The topological polar surface area (TPSA) is 75.1 Å². The molecular weight excluding hydrogens is 286 g/mol. The fourth-order valence-electron chi connectivity index (χ4n) is 1.72. The van der Waals surface area contributed by atoms with Gasteiger partial charge in [-0.2, -0.15) is 0 Å². The number of rotatable bonds is 3. The van der Waals surface area contributed by atoms with Crippen molar-refractivity contribution in [2.45, 2.75) is 19.9 Å². The van der Waals surface area contributed by atoms with Crippen molar-refractivity contribution in [3.63, 3.8) is 0 Å². The maximum atomic E-state index is 12.3. The lowest BCUT2D eigenvalue weighted by molar-refractivity contribution is 0.0934. The van der Waals surface area contributed by atoms with Gasteiger partial charge >= 0.3 is 0 Å². The zero-order valence-electron chi connectivity index (χ0n) is 11.8. The van der Waals surface area contributed by atoms with E-state index in [4.69, 9.17) is 5.11 Å². The molecule has 0 bridgehead atoms. The van der Waals surface area contributed by atoms with Crippen molar-refractivity contribution < 1.29 is 9.90 Å². The van der Waals surface area contributed by atoms with Crippen LogP contribution in [-0.2, 0) is 0 Å². The quantitative estimate of drug-likeness (QED) is 0.846. The highest BCUT2D eigenvalue weighted by atomic mass is 32.1. The van der Waals surface area contributed by atoms with Gasteiger partial charge < -0.3 is 10.4 Å². The van der Waals surface area contributed by atoms with Crippen LogP contribution in [0.5, 0.6) is 0 Å². The van der Waals surface area contributed by atoms with Gasteiger partial charge in [-0.1, -0.05) is 11.8 Å². The summed E-state index contributed by atoms with van der Waals surface area (Å²) >= 11 is 1.54. The first-order chi connectivity index (χ1) is 10.1. The molecule has 0 aliphatic rings. The van der Waals surface area contributed by atoms with Crippen LogP contribution in [0.4, 0.5) is 0 Å². The first-order valence-electron chi connectivity index (χ1n) is 6.39. The third-order valence-corrected chi connectivity index (χ3v) is 3.78. The number of hydrogen-bond acceptors (Lipinski definition) is 5. The maximum Gasteiger partial charge on any atom is 0.271 e. The number of amides is 1. The molecule has 0 radical (unpaired) electrons. The fourth-order valence-corrected chi connectivity index (χ4v) is 2.50. The van der Waals surface area contributed by atoms with Gasteiger partial charge in [0.05, 0.1) is 11.6 Å². The molecule has 0 fully saturated rings. The highest BCUT2D eigenvalue weighted by molar-refractivity contribution is 7.11. The summed E-state index contributed by atoms with van der Waals surface area (Å²) in [6.45, 7) is 3.58. The van der Waals surface area contributed by atoms with Crippen LogP contribution in [0.1, 0.15) is 38.9 Å². The lowest BCUT2D eigenvalue weighted by atomic mass is 10.2. The van der Waals surface area contributed by atoms with E-state index in [0.717, 1.165) is 9.88 Å². The fraction of sp³-hybridized carbons (Fsp3) is 0.267. The number of hydrogen-bond donors (Lipinski definition) is 2. The van der Waals surface area contributed by atoms with Gasteiger partial charge in [0.2, 0.25) is 0 Å². The van der Waals surface area contributed by atoms with Crippen LogP contribution in [0.15, 0.2) is 24.5 Å². The van der Waals surface area contributed by atoms with E-state index in [9.17, 15) is 4.79 Å². The molecule has 0 saturated heterocycles. The van der Waals surface area contributed by atoms with Crippen LogP contribution in [0.2, 0.25) is 0 Å². The zero-order chi connectivity index (χ0) is 15.2. The van der Waals surface area contributed by atoms with Gasteiger partial charge in [-0.15, -0.1) is 11.3 Å². The molecule has 0 spiro atoms. The molecule has 2 N–H and O–H groups in total. The number of nitrogens with one attached hydrogen (secondary N) is 1. The molecule has 1 unspecified atom stereocenters. The van der Waals surface area contributed by atoms with E-state index < -0.39 is 0 Å². The van der Waals surface area contributed by atoms with Crippen molar-refractivity contribution in [2.75, 3.05) is 6.61 Å². The Morgan fingerprint density at radius 1 is 1.52 bits per heavy atom. The van der Waals surface area contributed by atoms with Crippen molar-refractivity contribution >= 4 is 17.2 Å². The average molecular weight is 301 g/mol. The van der Waals surface area contributed by atoms with Crippen LogP contribution < -0.4 is 5.32 Å². The summed E-state index contributed by atoms with van der Waals surface area (Å²) < 4.78 is 0. The summed E-state index contributed by atoms with van der Waals surface area (Å²) in [5, 5.41) is 12.5. The average Bonchev–Trinajstić information content (AvgIpc) is 2.92. The number of aryl methyl sites for hydroxylation is 1. The molecule has 5 nitrogen and oxygen atoms in total. The van der Waals surface area contributed by atoms with Gasteiger partial charge in [0, 0.05) is 17.3 Å². The molecule has 0 aliphatic heterocycles. The van der Waals surface area contributed by atoms with Crippen molar-refractivity contribution in [1.82, 2.24) is 15.3 Å². The Morgan fingerprint density at radius 3 is 3.00 bits per heavy atom. The first-order valence-corrected chi connectivity index (χ1v) is 7.21. The van der Waals surface area contributed by atoms with E-state index in [0.29, 0.717) is 5.56 Å². The third-order valence-electron chi connectivity index (χ3n) is 2.68. The number of aliphatic hydroxyl groups is 1. The van der Waals surface area contributed by atoms with E-state index in [1.807, 2.05) is 13.8 Å². The lowest BCUT2D eigenvalue weighted by Crippen LogP contribution is -2.28. The summed E-state index contributed by atoms with van der Waals surface area (Å²) in [7, 11) is 0. The molecule has 2 rings (SSSR count). The second kappa shape index (κ2) is 6.97. The normalized spacial score (nSPS) is 11.4. The molecule has 0 aromatic carbocycles. The second-order valence-electron chi connectivity index (χ2n) is 4.36. The molecule has 6 heteroatoms. The Morgan fingerprint density at radius 2 is 2.33 bits per heavy atom. The minimum Gasteiger partial charge on any atom is -0.384 e. The predicted octanol–water partition coefficient (Wildman–Crippen LogP) is 1.68. The number of pyridine rings is 1. The zero-order valence-corrected chi connectivity index (χ0v) is 12.6. The highest BCUT2D eigenvalue weighted by Gasteiger charge is 2.17. The van der Waals surface area contributed by atoms with Gasteiger partial charge in [-0.05, 0) is 26.0 Å². The highest BCUT2D eigenvalue weighted by Crippen LogP contribution is 2.19. The summed E-state index contributed by atoms with van der Waals surface area (Å²) in [4.78, 5) is 21.7. The molecular formula is C15H15N3O2S. The van der Waals surface area contributed by atoms with E-state index in [1.165, 1.54) is 6.20 Å². The lowest BCUT2D eigenvalue weighted by Gasteiger charge is -2.11.